The number of methoxy groups -OCH3 is 3. The number of hydrogen-bond acceptors (Lipinski definition) is 5. The van der Waals surface area contributed by atoms with E-state index in [0.717, 1.165) is 16.7 Å². The largest absolute Gasteiger partial charge is 0.508 e. The number of allylic oxidation sites excluding steroid dienone is 1. The summed E-state index contributed by atoms with van der Waals surface area (Å²) in [6.07, 6.45) is 2.92. The van der Waals surface area contributed by atoms with E-state index in [1.807, 2.05) is 18.2 Å². The summed E-state index contributed by atoms with van der Waals surface area (Å²) in [7, 11) is 4.75. The lowest BCUT2D eigenvalue weighted by atomic mass is 10.00. The Bertz CT molecular complexity index is 772. The number of benzene rings is 2. The van der Waals surface area contributed by atoms with Gasteiger partial charge in [0.25, 0.3) is 0 Å². The first-order valence-corrected chi connectivity index (χ1v) is 8.03. The summed E-state index contributed by atoms with van der Waals surface area (Å²) in [4.78, 5) is 0. The topological polar surface area (TPSA) is 57.2 Å². The Kier molecular flexibility index (Phi) is 4.74. The summed E-state index contributed by atoms with van der Waals surface area (Å²) >= 11 is 0. The molecule has 1 aliphatic heterocycles. The van der Waals surface area contributed by atoms with Crippen molar-refractivity contribution in [3.8, 4) is 28.7 Å². The Morgan fingerprint density at radius 1 is 1.12 bits per heavy atom. The van der Waals surface area contributed by atoms with E-state index in [1.54, 1.807) is 33.5 Å². The molecule has 5 nitrogen and oxygen atoms in total. The van der Waals surface area contributed by atoms with Crippen LogP contribution in [0.1, 0.15) is 22.8 Å². The second-order valence-corrected chi connectivity index (χ2v) is 5.85. The summed E-state index contributed by atoms with van der Waals surface area (Å²) in [5.74, 6) is 2.65. The summed E-state index contributed by atoms with van der Waals surface area (Å²) in [6, 6.07) is 7.43. The van der Waals surface area contributed by atoms with Gasteiger partial charge in [0.1, 0.15) is 17.6 Å². The second kappa shape index (κ2) is 6.97. The molecule has 1 atom stereocenters. The Morgan fingerprint density at radius 3 is 2.36 bits per heavy atom. The van der Waals surface area contributed by atoms with Crippen molar-refractivity contribution in [1.82, 2.24) is 0 Å². The minimum Gasteiger partial charge on any atom is -0.508 e. The van der Waals surface area contributed by atoms with Gasteiger partial charge in [-0.2, -0.15) is 0 Å². The number of aromatic hydroxyl groups is 1. The van der Waals surface area contributed by atoms with E-state index in [4.69, 9.17) is 18.9 Å². The molecule has 0 spiro atoms. The van der Waals surface area contributed by atoms with Crippen molar-refractivity contribution in [2.24, 2.45) is 0 Å². The molecule has 25 heavy (non-hydrogen) atoms. The van der Waals surface area contributed by atoms with E-state index >= 15 is 0 Å². The predicted octanol–water partition coefficient (Wildman–Crippen LogP) is 3.82. The zero-order chi connectivity index (χ0) is 18.0. The lowest BCUT2D eigenvalue weighted by Crippen LogP contribution is -2.05. The number of fused-ring (bicyclic) bond motifs is 1. The number of rotatable bonds is 6. The fourth-order valence-electron chi connectivity index (χ4n) is 3.12. The van der Waals surface area contributed by atoms with Crippen LogP contribution in [0, 0.1) is 0 Å². The molecule has 1 aliphatic rings. The van der Waals surface area contributed by atoms with Gasteiger partial charge in [0.15, 0.2) is 11.5 Å². The van der Waals surface area contributed by atoms with Gasteiger partial charge in [0.05, 0.1) is 21.3 Å². The van der Waals surface area contributed by atoms with Gasteiger partial charge in [0.2, 0.25) is 5.75 Å². The molecule has 0 aromatic heterocycles. The average Bonchev–Trinajstić information content (AvgIpc) is 3.03. The van der Waals surface area contributed by atoms with Gasteiger partial charge in [-0.1, -0.05) is 6.08 Å². The molecular formula is C20H22O5. The van der Waals surface area contributed by atoms with Crippen LogP contribution in [0.25, 0.3) is 0 Å². The first kappa shape index (κ1) is 17.0. The van der Waals surface area contributed by atoms with Gasteiger partial charge < -0.3 is 24.1 Å². The highest BCUT2D eigenvalue weighted by Crippen LogP contribution is 2.45. The molecule has 132 valence electrons. The van der Waals surface area contributed by atoms with Crippen molar-refractivity contribution < 1.29 is 24.1 Å². The van der Waals surface area contributed by atoms with Gasteiger partial charge in [-0.3, -0.25) is 0 Å². The highest BCUT2D eigenvalue weighted by atomic mass is 16.5. The monoisotopic (exact) mass is 342 g/mol. The zero-order valence-electron chi connectivity index (χ0n) is 14.7. The maximum atomic E-state index is 10.1. The van der Waals surface area contributed by atoms with Crippen LogP contribution < -0.4 is 18.9 Å². The fraction of sp³-hybridized carbons (Fsp3) is 0.300. The third kappa shape index (κ3) is 3.09. The molecule has 2 aromatic rings. The average molecular weight is 342 g/mol. The normalized spacial score (nSPS) is 15.2. The first-order valence-electron chi connectivity index (χ1n) is 8.03. The lowest BCUT2D eigenvalue weighted by Gasteiger charge is -2.17. The van der Waals surface area contributed by atoms with E-state index in [-0.39, 0.29) is 11.9 Å². The number of phenolic OH excluding ortho intramolecular Hbond substituents is 1. The van der Waals surface area contributed by atoms with Crippen molar-refractivity contribution >= 4 is 0 Å². The third-order valence-electron chi connectivity index (χ3n) is 4.36. The van der Waals surface area contributed by atoms with Gasteiger partial charge in [0, 0.05) is 18.1 Å². The lowest BCUT2D eigenvalue weighted by molar-refractivity contribution is 0.235. The van der Waals surface area contributed by atoms with Crippen LogP contribution in [0.3, 0.4) is 0 Å². The molecule has 0 radical (unpaired) electrons. The molecule has 0 aliphatic carbocycles. The van der Waals surface area contributed by atoms with E-state index in [0.29, 0.717) is 35.8 Å². The molecule has 1 unspecified atom stereocenters. The van der Waals surface area contributed by atoms with E-state index in [1.165, 1.54) is 0 Å². The Labute approximate surface area is 147 Å². The molecule has 0 amide bonds. The quantitative estimate of drug-likeness (QED) is 0.809. The molecule has 2 aromatic carbocycles. The molecular weight excluding hydrogens is 320 g/mol. The van der Waals surface area contributed by atoms with Crippen molar-refractivity contribution in [3.05, 3.63) is 53.6 Å². The fourth-order valence-corrected chi connectivity index (χ4v) is 3.12. The minimum absolute atomic E-state index is 0.179. The van der Waals surface area contributed by atoms with Gasteiger partial charge >= 0.3 is 0 Å². The molecule has 0 saturated heterocycles. The molecule has 0 fully saturated rings. The second-order valence-electron chi connectivity index (χ2n) is 5.85. The van der Waals surface area contributed by atoms with Crippen LogP contribution in [0.5, 0.6) is 28.7 Å². The van der Waals surface area contributed by atoms with Gasteiger partial charge in [-0.25, -0.2) is 0 Å². The summed E-state index contributed by atoms with van der Waals surface area (Å²) in [6.45, 7) is 3.73. The van der Waals surface area contributed by atoms with E-state index in [2.05, 4.69) is 6.58 Å². The highest BCUT2D eigenvalue weighted by molar-refractivity contribution is 5.56. The molecule has 5 heteroatoms. The number of ether oxygens (including phenoxy) is 4. The SMILES string of the molecule is C=CCc1cc2c(cc1O)OC(c1cc(OC)c(OC)c(OC)c1)C2. The Morgan fingerprint density at radius 2 is 1.80 bits per heavy atom. The Hall–Kier alpha value is -2.82. The highest BCUT2D eigenvalue weighted by Gasteiger charge is 2.28. The molecule has 0 bridgehead atoms. The van der Waals surface area contributed by atoms with Crippen molar-refractivity contribution in [1.29, 1.82) is 0 Å². The minimum atomic E-state index is -0.179. The molecule has 0 saturated carbocycles. The summed E-state index contributed by atoms with van der Waals surface area (Å²) in [5, 5.41) is 10.1. The van der Waals surface area contributed by atoms with E-state index < -0.39 is 0 Å². The standard InChI is InChI=1S/C20H22O5/c1-5-6-12-7-13-8-16(25-17(13)11-15(12)21)14-9-18(22-2)20(24-4)19(10-14)23-3/h5,7,9-11,16,21H,1,6,8H2,2-4H3. The third-order valence-corrected chi connectivity index (χ3v) is 4.36. The first-order chi connectivity index (χ1) is 12.1. The number of phenols is 1. The van der Waals surface area contributed by atoms with Crippen LogP contribution in [-0.2, 0) is 12.8 Å². The van der Waals surface area contributed by atoms with Crippen molar-refractivity contribution in [2.75, 3.05) is 21.3 Å². The van der Waals surface area contributed by atoms with Crippen molar-refractivity contribution in [2.45, 2.75) is 18.9 Å². The molecule has 3 rings (SSSR count). The maximum absolute atomic E-state index is 10.1. The van der Waals surface area contributed by atoms with Crippen molar-refractivity contribution in [3.63, 3.8) is 0 Å². The summed E-state index contributed by atoms with van der Waals surface area (Å²) in [5.41, 5.74) is 2.84. The van der Waals surface area contributed by atoms with Crippen LogP contribution in [0.15, 0.2) is 36.9 Å². The van der Waals surface area contributed by atoms with Gasteiger partial charge in [-0.05, 0) is 35.7 Å². The van der Waals surface area contributed by atoms with Crippen LogP contribution in [0.2, 0.25) is 0 Å². The smallest absolute Gasteiger partial charge is 0.203 e. The van der Waals surface area contributed by atoms with E-state index in [9.17, 15) is 5.11 Å². The zero-order valence-corrected chi connectivity index (χ0v) is 14.7. The molecule has 1 heterocycles. The summed E-state index contributed by atoms with van der Waals surface area (Å²) < 4.78 is 22.2. The van der Waals surface area contributed by atoms with Crippen LogP contribution in [-0.4, -0.2) is 26.4 Å². The molecule has 1 N–H and O–H groups in total. The van der Waals surface area contributed by atoms with Crippen LogP contribution in [0.4, 0.5) is 0 Å². The van der Waals surface area contributed by atoms with Crippen LogP contribution >= 0.6 is 0 Å². The predicted molar refractivity (Wildman–Crippen MR) is 95.2 cm³/mol. The number of hydrogen-bond donors (Lipinski definition) is 1. The Balaban J connectivity index is 1.95. The van der Waals surface area contributed by atoms with Gasteiger partial charge in [-0.15, -0.1) is 6.58 Å². The maximum Gasteiger partial charge on any atom is 0.203 e.